The van der Waals surface area contributed by atoms with Crippen molar-refractivity contribution in [1.29, 1.82) is 0 Å². The summed E-state index contributed by atoms with van der Waals surface area (Å²) in [7, 11) is 0. The Kier molecular flexibility index (Phi) is 3.65. The number of benzene rings is 1. The SMILES string of the molecule is Nc1cccc(F)c1OCC1CCCCC1. The molecule has 0 bridgehead atoms. The van der Waals surface area contributed by atoms with Crippen molar-refractivity contribution in [3.05, 3.63) is 24.0 Å². The molecule has 16 heavy (non-hydrogen) atoms. The van der Waals surface area contributed by atoms with Crippen molar-refractivity contribution in [2.24, 2.45) is 5.92 Å². The van der Waals surface area contributed by atoms with Crippen LogP contribution in [0.3, 0.4) is 0 Å². The van der Waals surface area contributed by atoms with Crippen LogP contribution < -0.4 is 10.5 Å². The first-order chi connectivity index (χ1) is 7.77. The summed E-state index contributed by atoms with van der Waals surface area (Å²) < 4.78 is 18.9. The van der Waals surface area contributed by atoms with Gasteiger partial charge in [-0.05, 0) is 30.9 Å². The number of rotatable bonds is 3. The molecule has 1 aliphatic carbocycles. The first kappa shape index (κ1) is 11.2. The summed E-state index contributed by atoms with van der Waals surface area (Å²) >= 11 is 0. The largest absolute Gasteiger partial charge is 0.488 e. The number of anilines is 1. The van der Waals surface area contributed by atoms with E-state index in [1.165, 1.54) is 38.2 Å². The maximum absolute atomic E-state index is 13.4. The van der Waals surface area contributed by atoms with Crippen LogP contribution in [0.1, 0.15) is 32.1 Å². The highest BCUT2D eigenvalue weighted by Crippen LogP contribution is 2.28. The number of hydrogen-bond donors (Lipinski definition) is 1. The van der Waals surface area contributed by atoms with Gasteiger partial charge in [-0.25, -0.2) is 4.39 Å². The number of ether oxygens (including phenoxy) is 1. The summed E-state index contributed by atoms with van der Waals surface area (Å²) in [6.07, 6.45) is 6.22. The molecule has 0 radical (unpaired) electrons. The summed E-state index contributed by atoms with van der Waals surface area (Å²) in [5, 5.41) is 0. The first-order valence-corrected chi connectivity index (χ1v) is 5.94. The van der Waals surface area contributed by atoms with Crippen molar-refractivity contribution in [2.75, 3.05) is 12.3 Å². The Morgan fingerprint density at radius 3 is 2.69 bits per heavy atom. The molecular weight excluding hydrogens is 205 g/mol. The lowest BCUT2D eigenvalue weighted by Gasteiger charge is -2.22. The van der Waals surface area contributed by atoms with Crippen LogP contribution in [0.4, 0.5) is 10.1 Å². The molecule has 1 fully saturated rings. The van der Waals surface area contributed by atoms with Gasteiger partial charge in [0.25, 0.3) is 0 Å². The van der Waals surface area contributed by atoms with Gasteiger partial charge in [-0.1, -0.05) is 25.3 Å². The van der Waals surface area contributed by atoms with E-state index < -0.39 is 0 Å². The molecule has 0 unspecified atom stereocenters. The lowest BCUT2D eigenvalue weighted by Crippen LogP contribution is -2.16. The molecule has 1 saturated carbocycles. The number of nitrogens with two attached hydrogens (primary N) is 1. The molecule has 1 aromatic rings. The Balaban J connectivity index is 1.93. The minimum absolute atomic E-state index is 0.216. The number of halogens is 1. The van der Waals surface area contributed by atoms with Crippen LogP contribution in [0, 0.1) is 11.7 Å². The first-order valence-electron chi connectivity index (χ1n) is 5.94. The molecule has 88 valence electrons. The molecular formula is C13H18FNO. The predicted octanol–water partition coefficient (Wildman–Crippen LogP) is 3.37. The molecule has 0 aromatic heterocycles. The average molecular weight is 223 g/mol. The molecule has 2 N–H and O–H groups in total. The molecule has 2 rings (SSSR count). The Morgan fingerprint density at radius 1 is 1.25 bits per heavy atom. The zero-order valence-corrected chi connectivity index (χ0v) is 9.42. The van der Waals surface area contributed by atoms with Crippen LogP contribution in [-0.4, -0.2) is 6.61 Å². The minimum atomic E-state index is -0.365. The fourth-order valence-corrected chi connectivity index (χ4v) is 2.23. The van der Waals surface area contributed by atoms with Gasteiger partial charge in [0.05, 0.1) is 12.3 Å². The van der Waals surface area contributed by atoms with Crippen LogP contribution in [-0.2, 0) is 0 Å². The molecule has 0 aliphatic heterocycles. The second-order valence-electron chi connectivity index (χ2n) is 4.47. The van der Waals surface area contributed by atoms with Gasteiger partial charge >= 0.3 is 0 Å². The molecule has 3 heteroatoms. The summed E-state index contributed by atoms with van der Waals surface area (Å²) in [6, 6.07) is 4.64. The van der Waals surface area contributed by atoms with Crippen molar-refractivity contribution in [3.8, 4) is 5.75 Å². The van der Waals surface area contributed by atoms with Crippen LogP contribution in [0.5, 0.6) is 5.75 Å². The predicted molar refractivity (Wildman–Crippen MR) is 62.9 cm³/mol. The zero-order chi connectivity index (χ0) is 11.4. The summed E-state index contributed by atoms with van der Waals surface area (Å²) in [5.74, 6) is 0.414. The van der Waals surface area contributed by atoms with E-state index in [0.717, 1.165) is 0 Å². The van der Waals surface area contributed by atoms with Crippen molar-refractivity contribution in [3.63, 3.8) is 0 Å². The van der Waals surface area contributed by atoms with E-state index >= 15 is 0 Å². The smallest absolute Gasteiger partial charge is 0.177 e. The van der Waals surface area contributed by atoms with Gasteiger partial charge in [0, 0.05) is 0 Å². The van der Waals surface area contributed by atoms with Gasteiger partial charge in [0.15, 0.2) is 11.6 Å². The van der Waals surface area contributed by atoms with E-state index in [1.807, 2.05) is 0 Å². The molecule has 0 spiro atoms. The molecule has 1 aliphatic rings. The second kappa shape index (κ2) is 5.19. The van der Waals surface area contributed by atoms with Crippen molar-refractivity contribution in [1.82, 2.24) is 0 Å². The summed E-state index contributed by atoms with van der Waals surface area (Å²) in [4.78, 5) is 0. The fraction of sp³-hybridized carbons (Fsp3) is 0.538. The lowest BCUT2D eigenvalue weighted by atomic mass is 9.90. The van der Waals surface area contributed by atoms with E-state index in [0.29, 0.717) is 18.2 Å². The quantitative estimate of drug-likeness (QED) is 0.797. The van der Waals surface area contributed by atoms with Crippen LogP contribution in [0.2, 0.25) is 0 Å². The molecule has 0 saturated heterocycles. The average Bonchev–Trinajstić information content (AvgIpc) is 2.30. The third-order valence-corrected chi connectivity index (χ3v) is 3.19. The normalized spacial score (nSPS) is 17.3. The van der Waals surface area contributed by atoms with Gasteiger partial charge in [0.1, 0.15) is 0 Å². The van der Waals surface area contributed by atoms with E-state index in [4.69, 9.17) is 10.5 Å². The zero-order valence-electron chi connectivity index (χ0n) is 9.42. The number of para-hydroxylation sites is 1. The van der Waals surface area contributed by atoms with Gasteiger partial charge < -0.3 is 10.5 Å². The van der Waals surface area contributed by atoms with Gasteiger partial charge in [-0.2, -0.15) is 0 Å². The van der Waals surface area contributed by atoms with Crippen LogP contribution in [0.15, 0.2) is 18.2 Å². The molecule has 2 nitrogen and oxygen atoms in total. The second-order valence-corrected chi connectivity index (χ2v) is 4.47. The Labute approximate surface area is 95.6 Å². The fourth-order valence-electron chi connectivity index (χ4n) is 2.23. The molecule has 0 atom stereocenters. The standard InChI is InChI=1S/C13H18FNO/c14-11-7-4-8-12(15)13(11)16-9-10-5-2-1-3-6-10/h4,7-8,10H,1-3,5-6,9,15H2. The highest BCUT2D eigenvalue weighted by atomic mass is 19.1. The van der Waals surface area contributed by atoms with Crippen molar-refractivity contribution in [2.45, 2.75) is 32.1 Å². The lowest BCUT2D eigenvalue weighted by molar-refractivity contribution is 0.203. The van der Waals surface area contributed by atoms with Crippen LogP contribution >= 0.6 is 0 Å². The van der Waals surface area contributed by atoms with E-state index in [-0.39, 0.29) is 11.6 Å². The van der Waals surface area contributed by atoms with Crippen molar-refractivity contribution >= 4 is 5.69 Å². The summed E-state index contributed by atoms with van der Waals surface area (Å²) in [5.41, 5.74) is 6.06. The highest BCUT2D eigenvalue weighted by molar-refractivity contribution is 5.52. The van der Waals surface area contributed by atoms with Crippen molar-refractivity contribution < 1.29 is 9.13 Å². The minimum Gasteiger partial charge on any atom is -0.488 e. The number of nitrogen functional groups attached to an aromatic ring is 1. The van der Waals surface area contributed by atoms with E-state index in [2.05, 4.69) is 0 Å². The Morgan fingerprint density at radius 2 is 2.00 bits per heavy atom. The molecule has 0 heterocycles. The Hall–Kier alpha value is -1.25. The van der Waals surface area contributed by atoms with E-state index in [9.17, 15) is 4.39 Å². The molecule has 1 aromatic carbocycles. The Bertz CT molecular complexity index is 328. The monoisotopic (exact) mass is 223 g/mol. The highest BCUT2D eigenvalue weighted by Gasteiger charge is 2.15. The molecule has 0 amide bonds. The maximum atomic E-state index is 13.4. The third-order valence-electron chi connectivity index (χ3n) is 3.19. The van der Waals surface area contributed by atoms with Gasteiger partial charge in [-0.15, -0.1) is 0 Å². The van der Waals surface area contributed by atoms with Gasteiger partial charge in [0.2, 0.25) is 0 Å². The summed E-state index contributed by atoms with van der Waals surface area (Å²) in [6.45, 7) is 0.588. The maximum Gasteiger partial charge on any atom is 0.177 e. The van der Waals surface area contributed by atoms with E-state index in [1.54, 1.807) is 12.1 Å². The van der Waals surface area contributed by atoms with Crippen LogP contribution in [0.25, 0.3) is 0 Å². The van der Waals surface area contributed by atoms with Gasteiger partial charge in [-0.3, -0.25) is 0 Å². The number of hydrogen-bond acceptors (Lipinski definition) is 2. The third kappa shape index (κ3) is 2.65. The topological polar surface area (TPSA) is 35.2 Å².